The molecule has 1 unspecified atom stereocenters. The Labute approximate surface area is 210 Å². The van der Waals surface area contributed by atoms with Gasteiger partial charge in [-0.15, -0.1) is 0 Å². The van der Waals surface area contributed by atoms with Gasteiger partial charge in [-0.1, -0.05) is 54.6 Å². The smallest absolute Gasteiger partial charge is 0.341 e. The van der Waals surface area contributed by atoms with Crippen molar-refractivity contribution in [2.24, 2.45) is 5.73 Å². The van der Waals surface area contributed by atoms with E-state index in [4.69, 9.17) is 25.2 Å². The van der Waals surface area contributed by atoms with Crippen molar-refractivity contribution in [3.8, 4) is 5.75 Å². The molecular formula is C29H20N4O4. The molecule has 1 aromatic heterocycles. The van der Waals surface area contributed by atoms with E-state index in [0.29, 0.717) is 50.0 Å². The summed E-state index contributed by atoms with van der Waals surface area (Å²) in [7, 11) is 0. The van der Waals surface area contributed by atoms with Gasteiger partial charge in [0.1, 0.15) is 16.7 Å². The van der Waals surface area contributed by atoms with Crippen LogP contribution in [0.2, 0.25) is 0 Å². The lowest BCUT2D eigenvalue weighted by Gasteiger charge is -2.36. The van der Waals surface area contributed by atoms with Crippen LogP contribution in [0.5, 0.6) is 5.75 Å². The van der Waals surface area contributed by atoms with Crippen LogP contribution in [-0.4, -0.2) is 28.5 Å². The summed E-state index contributed by atoms with van der Waals surface area (Å²) in [6, 6.07) is 22.4. The predicted octanol–water partition coefficient (Wildman–Crippen LogP) is 4.30. The van der Waals surface area contributed by atoms with Gasteiger partial charge in [0.25, 0.3) is 0 Å². The van der Waals surface area contributed by atoms with E-state index in [1.165, 1.54) is 0 Å². The number of nitrogens with two attached hydrogens (primary N) is 1. The van der Waals surface area contributed by atoms with Crippen LogP contribution in [-0.2, 0) is 19.7 Å². The van der Waals surface area contributed by atoms with Crippen molar-refractivity contribution in [1.82, 2.24) is 9.97 Å². The molecule has 37 heavy (non-hydrogen) atoms. The summed E-state index contributed by atoms with van der Waals surface area (Å²) in [5, 5.41) is 4.46. The Kier molecular flexibility index (Phi) is 4.33. The van der Waals surface area contributed by atoms with E-state index in [2.05, 4.69) is 5.32 Å². The van der Waals surface area contributed by atoms with Gasteiger partial charge in [-0.3, -0.25) is 4.79 Å². The molecule has 2 aliphatic heterocycles. The fourth-order valence-corrected chi connectivity index (χ4v) is 5.63. The first-order chi connectivity index (χ1) is 18.1. The predicted molar refractivity (Wildman–Crippen MR) is 139 cm³/mol. The number of esters is 1. The Morgan fingerprint density at radius 2 is 1.59 bits per heavy atom. The largest absolute Gasteiger partial charge is 0.462 e. The summed E-state index contributed by atoms with van der Waals surface area (Å²) in [6.07, 6.45) is 0. The Bertz CT molecular complexity index is 1860. The molecule has 2 aliphatic rings. The topological polar surface area (TPSA) is 116 Å². The first kappa shape index (κ1) is 21.3. The molecule has 0 saturated heterocycles. The number of carbonyl (C=O) groups excluding carboxylic acids is 2. The monoisotopic (exact) mass is 488 g/mol. The minimum absolute atomic E-state index is 0.0733. The lowest BCUT2D eigenvalue weighted by molar-refractivity contribution is -0.140. The van der Waals surface area contributed by atoms with Crippen LogP contribution in [0.4, 0.5) is 5.69 Å². The van der Waals surface area contributed by atoms with E-state index in [9.17, 15) is 9.59 Å². The average molecular weight is 489 g/mol. The van der Waals surface area contributed by atoms with Crippen molar-refractivity contribution < 1.29 is 19.1 Å². The molecule has 0 saturated carbocycles. The Balaban J connectivity index is 1.74. The highest BCUT2D eigenvalue weighted by Crippen LogP contribution is 2.57. The summed E-state index contributed by atoms with van der Waals surface area (Å²) in [4.78, 5) is 37.6. The molecule has 1 spiro atoms. The number of aromatic nitrogens is 2. The number of rotatable bonds is 2. The van der Waals surface area contributed by atoms with Crippen molar-refractivity contribution in [3.05, 3.63) is 95.4 Å². The zero-order valence-corrected chi connectivity index (χ0v) is 19.7. The molecule has 180 valence electrons. The number of anilines is 1. The molecule has 4 aromatic carbocycles. The Hall–Kier alpha value is -4.98. The fourth-order valence-electron chi connectivity index (χ4n) is 5.63. The van der Waals surface area contributed by atoms with Crippen molar-refractivity contribution in [2.75, 3.05) is 11.9 Å². The molecule has 8 nitrogen and oxygen atoms in total. The molecule has 7 rings (SSSR count). The van der Waals surface area contributed by atoms with Crippen LogP contribution in [0.3, 0.4) is 0 Å². The third-order valence-corrected chi connectivity index (χ3v) is 7.07. The minimum Gasteiger partial charge on any atom is -0.462 e. The van der Waals surface area contributed by atoms with Crippen LogP contribution in [0.15, 0.2) is 84.3 Å². The molecule has 1 amide bonds. The van der Waals surface area contributed by atoms with E-state index in [-0.39, 0.29) is 18.1 Å². The summed E-state index contributed by atoms with van der Waals surface area (Å²) >= 11 is 0. The molecule has 0 aliphatic carbocycles. The number of nitrogens with zero attached hydrogens (tertiary/aromatic N) is 2. The van der Waals surface area contributed by atoms with Gasteiger partial charge in [-0.25, -0.2) is 14.8 Å². The van der Waals surface area contributed by atoms with Crippen LogP contribution < -0.4 is 15.8 Å². The zero-order valence-electron chi connectivity index (χ0n) is 19.7. The van der Waals surface area contributed by atoms with Gasteiger partial charge in [0.05, 0.1) is 28.7 Å². The third kappa shape index (κ3) is 2.66. The second-order valence-electron chi connectivity index (χ2n) is 8.97. The van der Waals surface area contributed by atoms with Crippen LogP contribution in [0, 0.1) is 0 Å². The molecule has 1 atom stereocenters. The van der Waals surface area contributed by atoms with E-state index in [1.807, 2.05) is 66.7 Å². The van der Waals surface area contributed by atoms with Gasteiger partial charge >= 0.3 is 5.97 Å². The van der Waals surface area contributed by atoms with Gasteiger partial charge in [-0.2, -0.15) is 0 Å². The van der Waals surface area contributed by atoms with Crippen LogP contribution in [0.25, 0.3) is 32.8 Å². The lowest BCUT2D eigenvalue weighted by atomic mass is 9.67. The summed E-state index contributed by atoms with van der Waals surface area (Å²) in [6.45, 7) is 1.80. The number of hydrogen-bond donors (Lipinski definition) is 2. The first-order valence-electron chi connectivity index (χ1n) is 11.9. The molecular weight excluding hydrogens is 468 g/mol. The summed E-state index contributed by atoms with van der Waals surface area (Å²) in [5.41, 5.74) is 8.71. The number of amides is 1. The number of hydrogen-bond acceptors (Lipinski definition) is 7. The Morgan fingerprint density at radius 3 is 2.35 bits per heavy atom. The average Bonchev–Trinajstić information content (AvgIpc) is 3.19. The fraction of sp³-hybridized carbons (Fsp3) is 0.103. The molecule has 5 aromatic rings. The van der Waals surface area contributed by atoms with Crippen molar-refractivity contribution in [2.45, 2.75) is 12.3 Å². The highest BCUT2D eigenvalue weighted by molar-refractivity contribution is 6.22. The quantitative estimate of drug-likeness (QED) is 0.216. The second kappa shape index (κ2) is 7.51. The number of ether oxygens (including phenoxy) is 2. The van der Waals surface area contributed by atoms with E-state index in [1.54, 1.807) is 13.0 Å². The van der Waals surface area contributed by atoms with E-state index in [0.717, 1.165) is 5.39 Å². The number of para-hydroxylation sites is 3. The number of nitrogens with one attached hydrogen (secondary N) is 1. The normalized spacial score (nSPS) is 18.1. The van der Waals surface area contributed by atoms with Crippen LogP contribution >= 0.6 is 0 Å². The number of benzene rings is 4. The highest BCUT2D eigenvalue weighted by atomic mass is 16.5. The van der Waals surface area contributed by atoms with Gasteiger partial charge in [-0.05, 0) is 25.1 Å². The Morgan fingerprint density at radius 1 is 0.946 bits per heavy atom. The maximum atomic E-state index is 14.2. The SMILES string of the molecule is CCOC(=O)C1=C(N)Oc2c(c3nc4ccccc4nc3c3ccccc23)C12C(=O)Nc1ccccc12. The summed E-state index contributed by atoms with van der Waals surface area (Å²) < 4.78 is 11.6. The highest BCUT2D eigenvalue weighted by Gasteiger charge is 2.60. The van der Waals surface area contributed by atoms with E-state index < -0.39 is 17.3 Å². The van der Waals surface area contributed by atoms with Crippen molar-refractivity contribution in [3.63, 3.8) is 0 Å². The zero-order chi connectivity index (χ0) is 25.3. The molecule has 3 N–H and O–H groups in total. The maximum absolute atomic E-state index is 14.2. The standard InChI is InChI=1S/C29H20N4O4/c1-2-36-27(34)22-26(30)37-25-16-10-4-3-9-15(16)23-24(32-20-14-8-7-13-19(20)31-23)21(25)29(22)17-11-5-6-12-18(17)33-28(29)35/h3-14H,2,30H2,1H3,(H,33,35). The van der Waals surface area contributed by atoms with E-state index >= 15 is 0 Å². The van der Waals surface area contributed by atoms with Gasteiger partial charge in [0, 0.05) is 27.6 Å². The molecule has 3 heterocycles. The first-order valence-corrected chi connectivity index (χ1v) is 11.9. The van der Waals surface area contributed by atoms with Gasteiger partial charge in [0.2, 0.25) is 11.8 Å². The molecule has 0 bridgehead atoms. The third-order valence-electron chi connectivity index (χ3n) is 7.07. The number of carbonyl (C=O) groups is 2. The summed E-state index contributed by atoms with van der Waals surface area (Å²) in [5.74, 6) is -0.982. The van der Waals surface area contributed by atoms with Crippen molar-refractivity contribution in [1.29, 1.82) is 0 Å². The van der Waals surface area contributed by atoms with Crippen molar-refractivity contribution >= 4 is 50.4 Å². The minimum atomic E-state index is -1.65. The lowest BCUT2D eigenvalue weighted by Crippen LogP contribution is -2.46. The van der Waals surface area contributed by atoms with Gasteiger partial charge in [0.15, 0.2) is 0 Å². The maximum Gasteiger partial charge on any atom is 0.341 e. The second-order valence-corrected chi connectivity index (χ2v) is 8.97. The van der Waals surface area contributed by atoms with Crippen LogP contribution in [0.1, 0.15) is 18.1 Å². The molecule has 8 heteroatoms. The van der Waals surface area contributed by atoms with Gasteiger partial charge < -0.3 is 20.5 Å². The molecule has 0 fully saturated rings. The molecule has 0 radical (unpaired) electrons. The number of fused-ring (bicyclic) bond motifs is 10.